The second-order valence-corrected chi connectivity index (χ2v) is 9.49. The summed E-state index contributed by atoms with van der Waals surface area (Å²) < 4.78 is 26.8. The number of rotatable bonds is 5. The largest absolute Gasteiger partial charge is 0.504 e. The van der Waals surface area contributed by atoms with Crippen molar-refractivity contribution in [2.24, 2.45) is 0 Å². The number of aromatic hydroxyl groups is 1. The fraction of sp³-hybridized carbons (Fsp3) is 0.267. The van der Waals surface area contributed by atoms with Crippen molar-refractivity contribution < 1.29 is 38.4 Å². The number of benzene rings is 3. The van der Waals surface area contributed by atoms with Crippen LogP contribution in [0.15, 0.2) is 64.0 Å². The van der Waals surface area contributed by atoms with Crippen LogP contribution in [-0.4, -0.2) is 43.1 Å². The Bertz CT molecular complexity index is 1570. The molecule has 0 unspecified atom stereocenters. The van der Waals surface area contributed by atoms with Gasteiger partial charge in [-0.1, -0.05) is 12.1 Å². The number of hydrogen-bond acceptors (Lipinski definition) is 8. The predicted octanol–water partition coefficient (Wildman–Crippen LogP) is 5.68. The number of methoxy groups -OCH3 is 3. The number of phenolic OH excluding ortho intramolecular Hbond substituents is 1. The van der Waals surface area contributed by atoms with Crippen molar-refractivity contribution in [2.45, 2.75) is 32.3 Å². The van der Waals surface area contributed by atoms with E-state index >= 15 is 0 Å². The Morgan fingerprint density at radius 1 is 0.923 bits per heavy atom. The second kappa shape index (κ2) is 11.0. The number of phenols is 1. The fourth-order valence-corrected chi connectivity index (χ4v) is 4.45. The Morgan fingerprint density at radius 3 is 2.23 bits per heavy atom. The molecule has 5 rings (SSSR count). The van der Waals surface area contributed by atoms with E-state index in [9.17, 15) is 14.7 Å². The lowest BCUT2D eigenvalue weighted by molar-refractivity contribution is 0.0690. The summed E-state index contributed by atoms with van der Waals surface area (Å²) in [5, 5.41) is 19.2. The zero-order chi connectivity index (χ0) is 28.3. The van der Waals surface area contributed by atoms with Crippen LogP contribution in [0, 0.1) is 0 Å². The molecule has 0 radical (unpaired) electrons. The quantitative estimate of drug-likeness (QED) is 0.333. The Hall–Kier alpha value is -4.66. The van der Waals surface area contributed by atoms with Gasteiger partial charge in [0.2, 0.25) is 11.2 Å². The number of carbonyl (C=O) groups is 1. The van der Waals surface area contributed by atoms with Crippen LogP contribution in [-0.2, 0) is 6.42 Å². The van der Waals surface area contributed by atoms with Gasteiger partial charge in [0.25, 0.3) is 0 Å². The molecule has 9 nitrogen and oxygen atoms in total. The van der Waals surface area contributed by atoms with Gasteiger partial charge >= 0.3 is 5.97 Å². The number of carboxylic acid groups (broad SMARTS) is 1. The minimum Gasteiger partial charge on any atom is -0.504 e. The number of fused-ring (bicyclic) bond motifs is 2. The van der Waals surface area contributed by atoms with Gasteiger partial charge < -0.3 is 33.6 Å². The summed E-state index contributed by atoms with van der Waals surface area (Å²) in [6.45, 7) is 4.04. The van der Waals surface area contributed by atoms with Gasteiger partial charge in [-0.25, -0.2) is 4.79 Å². The molecule has 0 spiro atoms. The van der Waals surface area contributed by atoms with Gasteiger partial charge in [0.1, 0.15) is 34.7 Å². The third-order valence-corrected chi connectivity index (χ3v) is 6.50. The highest BCUT2D eigenvalue weighted by molar-refractivity contribution is 5.92. The van der Waals surface area contributed by atoms with Gasteiger partial charge in [-0.15, -0.1) is 0 Å². The molecule has 39 heavy (non-hydrogen) atoms. The summed E-state index contributed by atoms with van der Waals surface area (Å²) in [7, 11) is 4.48. The van der Waals surface area contributed by atoms with Crippen LogP contribution in [0.3, 0.4) is 0 Å². The highest BCUT2D eigenvalue weighted by Crippen LogP contribution is 2.40. The number of aromatic carboxylic acids is 1. The van der Waals surface area contributed by atoms with E-state index in [0.717, 1.165) is 29.7 Å². The zero-order valence-electron chi connectivity index (χ0n) is 22.4. The van der Waals surface area contributed by atoms with Crippen molar-refractivity contribution in [1.82, 2.24) is 0 Å². The number of hydrogen-bond donors (Lipinski definition) is 2. The SMILES string of the molecule is COc1c(C(=O)O)ccc2c1CCC(C)(C)O2.COc1ccc(-c2coc3c(OC)c(O)ccc3c2=O)cc1. The molecule has 0 bridgehead atoms. The maximum atomic E-state index is 12.6. The summed E-state index contributed by atoms with van der Waals surface area (Å²) in [5.74, 6) is 0.954. The van der Waals surface area contributed by atoms with Crippen molar-refractivity contribution in [2.75, 3.05) is 21.3 Å². The van der Waals surface area contributed by atoms with E-state index in [4.69, 9.17) is 28.5 Å². The van der Waals surface area contributed by atoms with E-state index in [0.29, 0.717) is 22.4 Å². The first kappa shape index (κ1) is 27.4. The number of ether oxygens (including phenoxy) is 4. The molecule has 1 aromatic heterocycles. The second-order valence-electron chi connectivity index (χ2n) is 9.49. The normalized spacial score (nSPS) is 13.4. The first-order valence-corrected chi connectivity index (χ1v) is 12.2. The topological polar surface area (TPSA) is 125 Å². The molecule has 4 aromatic rings. The summed E-state index contributed by atoms with van der Waals surface area (Å²) in [4.78, 5) is 23.7. The Kier molecular flexibility index (Phi) is 7.71. The van der Waals surface area contributed by atoms with Gasteiger partial charge in [0.05, 0.1) is 32.3 Å². The molecule has 2 heterocycles. The van der Waals surface area contributed by atoms with E-state index in [1.807, 2.05) is 13.8 Å². The van der Waals surface area contributed by atoms with E-state index in [-0.39, 0.29) is 33.7 Å². The van der Waals surface area contributed by atoms with E-state index in [2.05, 4.69) is 0 Å². The lowest BCUT2D eigenvalue weighted by Crippen LogP contribution is -2.32. The highest BCUT2D eigenvalue weighted by atomic mass is 16.5. The number of carboxylic acids is 1. The fourth-order valence-electron chi connectivity index (χ4n) is 4.45. The molecule has 1 aliphatic heterocycles. The first-order chi connectivity index (χ1) is 18.6. The van der Waals surface area contributed by atoms with Crippen LogP contribution >= 0.6 is 0 Å². The van der Waals surface area contributed by atoms with Crippen LogP contribution in [0.5, 0.6) is 28.7 Å². The summed E-state index contributed by atoms with van der Waals surface area (Å²) in [5.41, 5.74) is 2.03. The van der Waals surface area contributed by atoms with Crippen LogP contribution < -0.4 is 24.4 Å². The molecule has 0 saturated carbocycles. The van der Waals surface area contributed by atoms with Crippen molar-refractivity contribution >= 4 is 16.9 Å². The van der Waals surface area contributed by atoms with E-state index < -0.39 is 5.97 Å². The first-order valence-electron chi connectivity index (χ1n) is 12.2. The molecule has 2 N–H and O–H groups in total. The lowest BCUT2D eigenvalue weighted by Gasteiger charge is -2.33. The molecule has 0 atom stereocenters. The zero-order valence-corrected chi connectivity index (χ0v) is 22.4. The lowest BCUT2D eigenvalue weighted by atomic mass is 9.92. The summed E-state index contributed by atoms with van der Waals surface area (Å²) >= 11 is 0. The molecule has 0 saturated heterocycles. The predicted molar refractivity (Wildman–Crippen MR) is 146 cm³/mol. The summed E-state index contributed by atoms with van der Waals surface area (Å²) in [6, 6.07) is 13.3. The third-order valence-electron chi connectivity index (χ3n) is 6.50. The molecule has 9 heteroatoms. The van der Waals surface area contributed by atoms with Crippen LogP contribution in [0.2, 0.25) is 0 Å². The average molecular weight is 535 g/mol. The van der Waals surface area contributed by atoms with Gasteiger partial charge in [0, 0.05) is 5.56 Å². The molecule has 1 aliphatic rings. The van der Waals surface area contributed by atoms with Crippen LogP contribution in [0.4, 0.5) is 0 Å². The van der Waals surface area contributed by atoms with Crippen LogP contribution in [0.1, 0.15) is 36.2 Å². The molecule has 0 amide bonds. The molecular weight excluding hydrogens is 504 g/mol. The Morgan fingerprint density at radius 2 is 1.62 bits per heavy atom. The minimum absolute atomic E-state index is 0.0738. The maximum absolute atomic E-state index is 12.6. The van der Waals surface area contributed by atoms with Crippen molar-refractivity contribution in [3.8, 4) is 39.9 Å². The van der Waals surface area contributed by atoms with Crippen molar-refractivity contribution in [3.05, 3.63) is 76.1 Å². The van der Waals surface area contributed by atoms with Crippen molar-refractivity contribution in [3.63, 3.8) is 0 Å². The van der Waals surface area contributed by atoms with Crippen molar-refractivity contribution in [1.29, 1.82) is 0 Å². The summed E-state index contributed by atoms with van der Waals surface area (Å²) in [6.07, 6.45) is 2.99. The van der Waals surface area contributed by atoms with Gasteiger partial charge in [-0.2, -0.15) is 0 Å². The third kappa shape index (κ3) is 5.47. The smallest absolute Gasteiger partial charge is 0.339 e. The monoisotopic (exact) mass is 534 g/mol. The molecule has 0 fully saturated rings. The Balaban J connectivity index is 0.000000187. The van der Waals surface area contributed by atoms with Crippen LogP contribution in [0.25, 0.3) is 22.1 Å². The van der Waals surface area contributed by atoms with Gasteiger partial charge in [0.15, 0.2) is 11.3 Å². The molecule has 3 aromatic carbocycles. The molecule has 204 valence electrons. The van der Waals surface area contributed by atoms with E-state index in [1.165, 1.54) is 38.7 Å². The van der Waals surface area contributed by atoms with E-state index in [1.54, 1.807) is 37.4 Å². The molecule has 0 aliphatic carbocycles. The minimum atomic E-state index is -0.977. The Labute approximate surface area is 225 Å². The standard InChI is InChI=1S/C17H14O5.C13H16O4/c1-20-11-5-3-10(4-6-11)13-9-22-16-12(15(13)19)7-8-14(18)17(16)21-2;1-13(2)7-6-8-10(17-13)5-4-9(12(14)15)11(8)16-3/h3-9,18H,1-2H3;4-5H,6-7H2,1-3H3,(H,14,15). The molecular formula is C30H30O9. The van der Waals surface area contributed by atoms with Gasteiger partial charge in [-0.05, 0) is 68.7 Å². The van der Waals surface area contributed by atoms with Gasteiger partial charge in [-0.3, -0.25) is 4.79 Å². The highest BCUT2D eigenvalue weighted by Gasteiger charge is 2.30. The maximum Gasteiger partial charge on any atom is 0.339 e. The average Bonchev–Trinajstić information content (AvgIpc) is 2.92.